The maximum absolute atomic E-state index is 15.2. The summed E-state index contributed by atoms with van der Waals surface area (Å²) < 4.78 is 80.2. The van der Waals surface area contributed by atoms with E-state index < -0.39 is 64.7 Å². The second-order valence-electron chi connectivity index (χ2n) is 9.34. The van der Waals surface area contributed by atoms with E-state index in [4.69, 9.17) is 9.47 Å². The Labute approximate surface area is 231 Å². The number of aromatic nitrogens is 1. The molecule has 0 radical (unpaired) electrons. The number of rotatable bonds is 9. The Morgan fingerprint density at radius 1 is 1.05 bits per heavy atom. The first-order valence-electron chi connectivity index (χ1n) is 12.4. The van der Waals surface area contributed by atoms with Crippen molar-refractivity contribution < 1.29 is 41.0 Å². The van der Waals surface area contributed by atoms with Crippen LogP contribution < -0.4 is 20.5 Å². The fourth-order valence-corrected chi connectivity index (χ4v) is 4.77. The molecule has 1 fully saturated rings. The van der Waals surface area contributed by atoms with Crippen molar-refractivity contribution in [3.63, 3.8) is 0 Å². The van der Waals surface area contributed by atoms with Gasteiger partial charge in [0, 0.05) is 62.1 Å². The number of hydrogen-bond donors (Lipinski definition) is 1. The van der Waals surface area contributed by atoms with Crippen LogP contribution in [0.3, 0.4) is 0 Å². The highest BCUT2D eigenvalue weighted by atomic mass is 19.4. The molecule has 1 aliphatic heterocycles. The summed E-state index contributed by atoms with van der Waals surface area (Å²) in [7, 11) is 2.70. The average Bonchev–Trinajstić information content (AvgIpc) is 3.25. The van der Waals surface area contributed by atoms with Gasteiger partial charge in [0.25, 0.3) is 11.5 Å². The van der Waals surface area contributed by atoms with Gasteiger partial charge in [-0.3, -0.25) is 14.4 Å². The fourth-order valence-electron chi connectivity index (χ4n) is 4.77. The molecule has 8 nitrogen and oxygen atoms in total. The van der Waals surface area contributed by atoms with E-state index >= 15 is 8.78 Å². The number of hydrogen-bond acceptors (Lipinski definition) is 5. The van der Waals surface area contributed by atoms with Gasteiger partial charge in [-0.05, 0) is 36.4 Å². The molecule has 1 N–H and O–H groups in total. The summed E-state index contributed by atoms with van der Waals surface area (Å²) in [5.41, 5.74) is -2.03. The Morgan fingerprint density at radius 2 is 1.71 bits per heavy atom. The molecule has 3 aromatic rings. The van der Waals surface area contributed by atoms with Crippen molar-refractivity contribution >= 4 is 17.5 Å². The van der Waals surface area contributed by atoms with E-state index in [0.29, 0.717) is 0 Å². The minimum atomic E-state index is -4.59. The van der Waals surface area contributed by atoms with Crippen molar-refractivity contribution in [1.29, 1.82) is 0 Å². The fraction of sp³-hybridized carbons (Fsp3) is 0.321. The van der Waals surface area contributed by atoms with Crippen LogP contribution in [-0.4, -0.2) is 50.3 Å². The number of nitrogens with one attached hydrogen (secondary N) is 1. The zero-order chi connectivity index (χ0) is 29.9. The molecule has 0 bridgehead atoms. The van der Waals surface area contributed by atoms with Crippen LogP contribution in [0.2, 0.25) is 0 Å². The third-order valence-electron chi connectivity index (χ3n) is 6.89. The van der Waals surface area contributed by atoms with E-state index in [1.54, 1.807) is 6.07 Å². The molecule has 0 saturated carbocycles. The lowest BCUT2D eigenvalue weighted by atomic mass is 9.87. The molecule has 1 saturated heterocycles. The van der Waals surface area contributed by atoms with Gasteiger partial charge >= 0.3 is 6.18 Å². The number of ether oxygens (including phenoxy) is 2. The van der Waals surface area contributed by atoms with Crippen molar-refractivity contribution in [2.45, 2.75) is 18.6 Å². The standard InChI is InChI=1S/C28H26F5N3O5/c1-40-11-10-35-9-3-4-23(27(35)39)36-15-20(24-21(29)12-18(41-2)13-22(24)30)19(26(36)38)14-34-25(37)16-5-7-17(8-6-16)28(31,32)33/h3-9,12-13,19-20H,10-11,14-15H2,1-2H3,(H,34,37)/t19?,20-/m1/s1. The van der Waals surface area contributed by atoms with Gasteiger partial charge in [0.2, 0.25) is 5.91 Å². The molecule has 4 rings (SSSR count). The van der Waals surface area contributed by atoms with Gasteiger partial charge < -0.3 is 24.3 Å². The number of alkyl halides is 3. The number of amides is 2. The molecule has 2 atom stereocenters. The smallest absolute Gasteiger partial charge is 0.416 e. The summed E-state index contributed by atoms with van der Waals surface area (Å²) in [5, 5.41) is 2.48. The molecule has 1 aromatic heterocycles. The Kier molecular flexibility index (Phi) is 8.76. The van der Waals surface area contributed by atoms with E-state index in [9.17, 15) is 27.6 Å². The monoisotopic (exact) mass is 579 g/mol. The summed E-state index contributed by atoms with van der Waals surface area (Å²) in [4.78, 5) is 40.6. The van der Waals surface area contributed by atoms with Crippen LogP contribution in [0.4, 0.5) is 27.6 Å². The molecule has 41 heavy (non-hydrogen) atoms. The minimum Gasteiger partial charge on any atom is -0.497 e. The molecule has 2 amide bonds. The van der Waals surface area contributed by atoms with E-state index in [1.165, 1.54) is 31.0 Å². The molecular formula is C28H26F5N3O5. The Balaban J connectivity index is 1.66. The maximum Gasteiger partial charge on any atom is 0.416 e. The highest BCUT2D eigenvalue weighted by molar-refractivity contribution is 5.99. The number of methoxy groups -OCH3 is 2. The summed E-state index contributed by atoms with van der Waals surface area (Å²) in [6, 6.07) is 8.32. The van der Waals surface area contributed by atoms with E-state index in [-0.39, 0.29) is 36.7 Å². The molecule has 1 aliphatic rings. The topological polar surface area (TPSA) is 89.9 Å². The van der Waals surface area contributed by atoms with Gasteiger partial charge in [-0.1, -0.05) is 0 Å². The van der Waals surface area contributed by atoms with E-state index in [0.717, 1.165) is 41.3 Å². The van der Waals surface area contributed by atoms with Crippen LogP contribution in [-0.2, 0) is 22.3 Å². The lowest BCUT2D eigenvalue weighted by Gasteiger charge is -2.19. The number of halogens is 5. The van der Waals surface area contributed by atoms with Gasteiger partial charge in [0.1, 0.15) is 23.1 Å². The number of carbonyl (C=O) groups excluding carboxylic acids is 2. The third kappa shape index (κ3) is 6.24. The number of pyridine rings is 1. The molecule has 2 aromatic carbocycles. The zero-order valence-corrected chi connectivity index (χ0v) is 22.0. The van der Waals surface area contributed by atoms with Crippen molar-refractivity contribution in [2.75, 3.05) is 38.8 Å². The van der Waals surface area contributed by atoms with Crippen LogP contribution >= 0.6 is 0 Å². The number of nitrogens with zero attached hydrogens (tertiary/aromatic N) is 2. The third-order valence-corrected chi connectivity index (χ3v) is 6.89. The molecular weight excluding hydrogens is 553 g/mol. The van der Waals surface area contributed by atoms with Crippen LogP contribution in [0.15, 0.2) is 59.5 Å². The lowest BCUT2D eigenvalue weighted by Crippen LogP contribution is -2.38. The lowest BCUT2D eigenvalue weighted by molar-refractivity contribution is -0.137. The van der Waals surface area contributed by atoms with E-state index in [2.05, 4.69) is 5.32 Å². The summed E-state index contributed by atoms with van der Waals surface area (Å²) in [6.07, 6.45) is -3.08. The van der Waals surface area contributed by atoms with E-state index in [1.807, 2.05) is 0 Å². The first-order valence-corrected chi connectivity index (χ1v) is 12.4. The number of anilines is 1. The summed E-state index contributed by atoms with van der Waals surface area (Å²) in [6.45, 7) is -0.261. The molecule has 218 valence electrons. The van der Waals surface area contributed by atoms with Crippen LogP contribution in [0.25, 0.3) is 0 Å². The highest BCUT2D eigenvalue weighted by Gasteiger charge is 2.45. The van der Waals surface area contributed by atoms with Crippen LogP contribution in [0.1, 0.15) is 27.4 Å². The predicted molar refractivity (Wildman–Crippen MR) is 138 cm³/mol. The molecule has 13 heteroatoms. The van der Waals surface area contributed by atoms with Gasteiger partial charge in [-0.2, -0.15) is 13.2 Å². The summed E-state index contributed by atoms with van der Waals surface area (Å²) in [5.74, 6) is -5.84. The minimum absolute atomic E-state index is 0.0236. The Morgan fingerprint density at radius 3 is 2.29 bits per heavy atom. The van der Waals surface area contributed by atoms with Crippen molar-refractivity contribution in [3.05, 3.63) is 93.4 Å². The van der Waals surface area contributed by atoms with Gasteiger partial charge in [-0.15, -0.1) is 0 Å². The maximum atomic E-state index is 15.2. The van der Waals surface area contributed by atoms with Crippen molar-refractivity contribution in [2.24, 2.45) is 5.92 Å². The number of carbonyl (C=O) groups is 2. The quantitative estimate of drug-likeness (QED) is 0.388. The Bertz CT molecular complexity index is 1470. The largest absolute Gasteiger partial charge is 0.497 e. The van der Waals surface area contributed by atoms with Crippen LogP contribution in [0.5, 0.6) is 5.75 Å². The molecule has 2 heterocycles. The van der Waals surface area contributed by atoms with Crippen LogP contribution in [0, 0.1) is 17.6 Å². The first kappa shape index (κ1) is 29.7. The van der Waals surface area contributed by atoms with Gasteiger partial charge in [0.15, 0.2) is 0 Å². The average molecular weight is 580 g/mol. The predicted octanol–water partition coefficient (Wildman–Crippen LogP) is 3.98. The number of benzene rings is 2. The molecule has 1 unspecified atom stereocenters. The highest BCUT2D eigenvalue weighted by Crippen LogP contribution is 2.39. The second-order valence-corrected chi connectivity index (χ2v) is 9.34. The first-order chi connectivity index (χ1) is 19.5. The Hall–Kier alpha value is -4.26. The summed E-state index contributed by atoms with van der Waals surface area (Å²) >= 11 is 0. The molecule has 0 aliphatic carbocycles. The zero-order valence-electron chi connectivity index (χ0n) is 22.0. The van der Waals surface area contributed by atoms with Gasteiger partial charge in [-0.25, -0.2) is 8.78 Å². The second kappa shape index (κ2) is 12.1. The normalized spacial score (nSPS) is 17.1. The van der Waals surface area contributed by atoms with Crippen molar-refractivity contribution in [1.82, 2.24) is 9.88 Å². The van der Waals surface area contributed by atoms with Crippen molar-refractivity contribution in [3.8, 4) is 5.75 Å². The SMILES string of the molecule is COCCn1cccc(N2C[C@@H](c3c(F)cc(OC)cc3F)C(CNC(=O)c3ccc(C(F)(F)F)cc3)C2=O)c1=O. The molecule has 0 spiro atoms. The van der Waals surface area contributed by atoms with Gasteiger partial charge in [0.05, 0.1) is 25.2 Å².